The number of hydrogen-bond acceptors (Lipinski definition) is 3. The largest absolute Gasteiger partial charge is 0.364 e. The molecule has 0 bridgehead atoms. The fourth-order valence-corrected chi connectivity index (χ4v) is 1.40. The zero-order chi connectivity index (χ0) is 9.35. The second-order valence-corrected chi connectivity index (χ2v) is 3.74. The molecule has 1 aliphatic rings. The highest BCUT2D eigenvalue weighted by atomic mass is 16.5. The molecule has 0 spiro atoms. The summed E-state index contributed by atoms with van der Waals surface area (Å²) in [4.78, 5) is 22.3. The second kappa shape index (κ2) is 2.98. The molecule has 0 aromatic heterocycles. The lowest BCUT2D eigenvalue weighted by Gasteiger charge is -2.33. The van der Waals surface area contributed by atoms with Crippen molar-refractivity contribution in [3.05, 3.63) is 0 Å². The lowest BCUT2D eigenvalue weighted by molar-refractivity contribution is -0.165. The Kier molecular flexibility index (Phi) is 2.33. The number of carbonyl (C=O) groups excluding carboxylic acids is 2. The summed E-state index contributed by atoms with van der Waals surface area (Å²) in [5.74, 6) is -0.657. The highest BCUT2D eigenvalue weighted by Crippen LogP contribution is 2.24. The van der Waals surface area contributed by atoms with E-state index in [1.165, 1.54) is 0 Å². The van der Waals surface area contributed by atoms with Crippen molar-refractivity contribution in [2.24, 2.45) is 0 Å². The van der Waals surface area contributed by atoms with Crippen LogP contribution in [0.15, 0.2) is 0 Å². The van der Waals surface area contributed by atoms with E-state index in [-0.39, 0.29) is 18.0 Å². The van der Waals surface area contributed by atoms with Crippen LogP contribution >= 0.6 is 0 Å². The molecule has 1 unspecified atom stereocenters. The Morgan fingerprint density at radius 1 is 1.50 bits per heavy atom. The van der Waals surface area contributed by atoms with Gasteiger partial charge in [0.2, 0.25) is 11.6 Å². The lowest BCUT2D eigenvalue weighted by atomic mass is 9.92. The molecule has 1 aliphatic heterocycles. The zero-order valence-corrected chi connectivity index (χ0v) is 7.72. The third kappa shape index (κ3) is 1.72. The summed E-state index contributed by atoms with van der Waals surface area (Å²) in [5, 5.41) is 0. The van der Waals surface area contributed by atoms with Gasteiger partial charge in [-0.3, -0.25) is 9.59 Å². The van der Waals surface area contributed by atoms with E-state index in [1.54, 1.807) is 0 Å². The fraction of sp³-hybridized carbons (Fsp3) is 0.778. The van der Waals surface area contributed by atoms with E-state index in [9.17, 15) is 9.59 Å². The quantitative estimate of drug-likeness (QED) is 0.553. The van der Waals surface area contributed by atoms with Crippen molar-refractivity contribution in [2.45, 2.75) is 45.3 Å². The van der Waals surface area contributed by atoms with Gasteiger partial charge in [-0.2, -0.15) is 0 Å². The van der Waals surface area contributed by atoms with Crippen LogP contribution in [0.2, 0.25) is 0 Å². The highest BCUT2D eigenvalue weighted by Gasteiger charge is 2.39. The first kappa shape index (κ1) is 9.39. The molecule has 0 aromatic carbocycles. The van der Waals surface area contributed by atoms with Crippen molar-refractivity contribution >= 4 is 11.6 Å². The van der Waals surface area contributed by atoms with Crippen LogP contribution in [0.5, 0.6) is 0 Å². The molecular formula is C9H14O3. The maximum atomic E-state index is 11.2. The summed E-state index contributed by atoms with van der Waals surface area (Å²) < 4.78 is 5.44. The first-order chi connectivity index (χ1) is 5.46. The summed E-state index contributed by atoms with van der Waals surface area (Å²) in [6.45, 7) is 5.51. The fourth-order valence-electron chi connectivity index (χ4n) is 1.40. The van der Waals surface area contributed by atoms with E-state index >= 15 is 0 Å². The minimum atomic E-state index is -0.513. The summed E-state index contributed by atoms with van der Waals surface area (Å²) in [5.41, 5.74) is -0.467. The van der Waals surface area contributed by atoms with Crippen molar-refractivity contribution < 1.29 is 14.3 Å². The monoisotopic (exact) mass is 170 g/mol. The van der Waals surface area contributed by atoms with Crippen LogP contribution < -0.4 is 0 Å². The number of rotatable bonds is 1. The zero-order valence-electron chi connectivity index (χ0n) is 7.72. The Bertz CT molecular complexity index is 218. The predicted octanol–water partition coefficient (Wildman–Crippen LogP) is 1.10. The highest BCUT2D eigenvalue weighted by molar-refractivity contribution is 6.39. The van der Waals surface area contributed by atoms with Gasteiger partial charge in [-0.25, -0.2) is 0 Å². The summed E-state index contributed by atoms with van der Waals surface area (Å²) in [6.07, 6.45) is 0.275. The third-order valence-corrected chi connectivity index (χ3v) is 1.99. The molecule has 3 nitrogen and oxygen atoms in total. The molecule has 0 radical (unpaired) electrons. The van der Waals surface area contributed by atoms with E-state index in [2.05, 4.69) is 0 Å². The molecule has 1 rings (SSSR count). The van der Waals surface area contributed by atoms with Crippen molar-refractivity contribution in [3.8, 4) is 0 Å². The summed E-state index contributed by atoms with van der Waals surface area (Å²) in [6, 6.07) is 0. The molecule has 0 aliphatic carbocycles. The van der Waals surface area contributed by atoms with Gasteiger partial charge in [0.25, 0.3) is 0 Å². The van der Waals surface area contributed by atoms with Gasteiger partial charge in [-0.15, -0.1) is 0 Å². The molecule has 12 heavy (non-hydrogen) atoms. The number of ketones is 2. The Morgan fingerprint density at radius 2 is 2.08 bits per heavy atom. The van der Waals surface area contributed by atoms with E-state index in [1.807, 2.05) is 20.8 Å². The van der Waals surface area contributed by atoms with Crippen molar-refractivity contribution in [1.29, 1.82) is 0 Å². The van der Waals surface area contributed by atoms with Gasteiger partial charge >= 0.3 is 0 Å². The average Bonchev–Trinajstić information content (AvgIpc) is 1.96. The van der Waals surface area contributed by atoms with Gasteiger partial charge in [-0.1, -0.05) is 6.92 Å². The van der Waals surface area contributed by atoms with E-state index in [0.29, 0.717) is 6.42 Å². The lowest BCUT2D eigenvalue weighted by Crippen LogP contribution is -2.46. The summed E-state index contributed by atoms with van der Waals surface area (Å²) >= 11 is 0. The van der Waals surface area contributed by atoms with E-state index in [0.717, 1.165) is 0 Å². The standard InChI is InChI=1S/C9H14O3/c1-4-7-8(11)6(10)5-9(2,3)12-7/h7H,4-5H2,1-3H3. The van der Waals surface area contributed by atoms with Crippen molar-refractivity contribution in [2.75, 3.05) is 0 Å². The Hall–Kier alpha value is -0.700. The first-order valence-corrected chi connectivity index (χ1v) is 4.21. The van der Waals surface area contributed by atoms with Crippen LogP contribution in [0.3, 0.4) is 0 Å². The van der Waals surface area contributed by atoms with Gasteiger partial charge in [0, 0.05) is 6.42 Å². The van der Waals surface area contributed by atoms with Crippen LogP contribution in [-0.4, -0.2) is 23.3 Å². The van der Waals surface area contributed by atoms with Gasteiger partial charge < -0.3 is 4.74 Å². The molecule has 0 aromatic rings. The SMILES string of the molecule is CCC1OC(C)(C)CC(=O)C1=O. The molecule has 1 fully saturated rings. The number of ether oxygens (including phenoxy) is 1. The maximum Gasteiger partial charge on any atom is 0.227 e. The second-order valence-electron chi connectivity index (χ2n) is 3.74. The van der Waals surface area contributed by atoms with Crippen molar-refractivity contribution in [3.63, 3.8) is 0 Å². The smallest absolute Gasteiger partial charge is 0.227 e. The topological polar surface area (TPSA) is 43.4 Å². The van der Waals surface area contributed by atoms with Crippen LogP contribution in [0.25, 0.3) is 0 Å². The Morgan fingerprint density at radius 3 is 2.58 bits per heavy atom. The van der Waals surface area contributed by atoms with Crippen LogP contribution in [0, 0.1) is 0 Å². The molecule has 0 N–H and O–H groups in total. The average molecular weight is 170 g/mol. The van der Waals surface area contributed by atoms with E-state index < -0.39 is 11.7 Å². The third-order valence-electron chi connectivity index (χ3n) is 1.99. The molecule has 1 atom stereocenters. The first-order valence-electron chi connectivity index (χ1n) is 4.21. The van der Waals surface area contributed by atoms with E-state index in [4.69, 9.17) is 4.74 Å². The molecule has 0 saturated carbocycles. The minimum absolute atomic E-state index is 0.211. The maximum absolute atomic E-state index is 11.2. The van der Waals surface area contributed by atoms with Gasteiger partial charge in [0.15, 0.2) is 0 Å². The molecule has 68 valence electrons. The Balaban J connectivity index is 2.78. The summed E-state index contributed by atoms with van der Waals surface area (Å²) in [7, 11) is 0. The Labute approximate surface area is 72.1 Å². The van der Waals surface area contributed by atoms with Crippen LogP contribution in [0.4, 0.5) is 0 Å². The van der Waals surface area contributed by atoms with Gasteiger partial charge in [-0.05, 0) is 20.3 Å². The van der Waals surface area contributed by atoms with Gasteiger partial charge in [0.05, 0.1) is 5.60 Å². The van der Waals surface area contributed by atoms with Crippen LogP contribution in [0.1, 0.15) is 33.6 Å². The minimum Gasteiger partial charge on any atom is -0.364 e. The molecule has 1 heterocycles. The van der Waals surface area contributed by atoms with Crippen LogP contribution in [-0.2, 0) is 14.3 Å². The normalized spacial score (nSPS) is 29.1. The number of Topliss-reactive ketones (excluding diaryl/α,β-unsaturated/α-hetero) is 2. The van der Waals surface area contributed by atoms with Crippen molar-refractivity contribution in [1.82, 2.24) is 0 Å². The molecule has 1 saturated heterocycles. The number of hydrogen-bond donors (Lipinski definition) is 0. The predicted molar refractivity (Wildman–Crippen MR) is 43.9 cm³/mol. The molecule has 3 heteroatoms. The number of carbonyl (C=O) groups is 2. The van der Waals surface area contributed by atoms with Gasteiger partial charge in [0.1, 0.15) is 6.10 Å². The molecule has 0 amide bonds. The molecular weight excluding hydrogens is 156 g/mol.